The molecule has 0 spiro atoms. The van der Waals surface area contributed by atoms with Crippen LogP contribution in [0.4, 0.5) is 10.9 Å². The van der Waals surface area contributed by atoms with Crippen LogP contribution in [-0.2, 0) is 11.2 Å². The number of rotatable bonds is 6. The maximum atomic E-state index is 12.9. The fourth-order valence-corrected chi connectivity index (χ4v) is 4.25. The average Bonchev–Trinajstić information content (AvgIpc) is 3.14. The number of carbonyl (C=O) groups is 1. The van der Waals surface area contributed by atoms with Gasteiger partial charge in [-0.05, 0) is 42.7 Å². The molecule has 1 aromatic carbocycles. The monoisotopic (exact) mass is 396 g/mol. The predicted molar refractivity (Wildman–Crippen MR) is 113 cm³/mol. The summed E-state index contributed by atoms with van der Waals surface area (Å²) in [6.45, 7) is 4.96. The first-order chi connectivity index (χ1) is 13.7. The quantitative estimate of drug-likeness (QED) is 0.679. The number of nitrogens with zero attached hydrogens (tertiary/aromatic N) is 3. The smallest absolute Gasteiger partial charge is 0.261 e. The van der Waals surface area contributed by atoms with Crippen LogP contribution in [0.15, 0.2) is 36.5 Å². The second-order valence-electron chi connectivity index (χ2n) is 6.85. The van der Waals surface area contributed by atoms with Gasteiger partial charge < -0.3 is 9.64 Å². The van der Waals surface area contributed by atoms with E-state index in [1.54, 1.807) is 12.3 Å². The van der Waals surface area contributed by atoms with E-state index in [1.807, 2.05) is 12.1 Å². The van der Waals surface area contributed by atoms with E-state index in [2.05, 4.69) is 39.2 Å². The van der Waals surface area contributed by atoms with Crippen molar-refractivity contribution < 1.29 is 9.53 Å². The van der Waals surface area contributed by atoms with Gasteiger partial charge in [0.15, 0.2) is 5.13 Å². The van der Waals surface area contributed by atoms with E-state index in [9.17, 15) is 4.79 Å². The van der Waals surface area contributed by atoms with Crippen molar-refractivity contribution in [1.82, 2.24) is 9.97 Å². The molecule has 0 unspecified atom stereocenters. The van der Waals surface area contributed by atoms with Gasteiger partial charge in [-0.25, -0.2) is 9.97 Å². The molecule has 0 bridgehead atoms. The minimum atomic E-state index is -0.181. The second-order valence-corrected chi connectivity index (χ2v) is 7.88. The highest BCUT2D eigenvalue weighted by Crippen LogP contribution is 2.28. The Balaban J connectivity index is 1.53. The van der Waals surface area contributed by atoms with Crippen LogP contribution < -0.4 is 10.2 Å². The number of amides is 1. The van der Waals surface area contributed by atoms with Crippen molar-refractivity contribution in [3.63, 3.8) is 0 Å². The molecule has 1 N–H and O–H groups in total. The highest BCUT2D eigenvalue weighted by molar-refractivity contribution is 7.22. The fraction of sp³-hybridized carbons (Fsp3) is 0.381. The van der Waals surface area contributed by atoms with Gasteiger partial charge in [0.1, 0.15) is 5.82 Å². The zero-order valence-corrected chi connectivity index (χ0v) is 16.8. The van der Waals surface area contributed by atoms with Crippen LogP contribution in [0.3, 0.4) is 0 Å². The maximum Gasteiger partial charge on any atom is 0.261 e. The largest absolute Gasteiger partial charge is 0.378 e. The van der Waals surface area contributed by atoms with Crippen LogP contribution in [0.25, 0.3) is 10.2 Å². The molecule has 1 fully saturated rings. The molecule has 1 saturated heterocycles. The van der Waals surface area contributed by atoms with Crippen LogP contribution in [-0.4, -0.2) is 42.2 Å². The average molecular weight is 397 g/mol. The Labute approximate surface area is 168 Å². The number of pyridine rings is 1. The zero-order valence-electron chi connectivity index (χ0n) is 16.0. The van der Waals surface area contributed by atoms with Gasteiger partial charge in [0.25, 0.3) is 5.91 Å². The van der Waals surface area contributed by atoms with Crippen LogP contribution in [0.5, 0.6) is 0 Å². The summed E-state index contributed by atoms with van der Waals surface area (Å²) in [5.74, 6) is 0.520. The topological polar surface area (TPSA) is 67.4 Å². The molecule has 0 atom stereocenters. The number of morpholine rings is 1. The number of aromatic nitrogens is 2. The minimum Gasteiger partial charge on any atom is -0.378 e. The molecule has 28 heavy (non-hydrogen) atoms. The Morgan fingerprint density at radius 3 is 2.96 bits per heavy atom. The Kier molecular flexibility index (Phi) is 5.83. The van der Waals surface area contributed by atoms with E-state index in [0.29, 0.717) is 29.7 Å². The highest BCUT2D eigenvalue weighted by atomic mass is 32.1. The van der Waals surface area contributed by atoms with Gasteiger partial charge >= 0.3 is 0 Å². The molecule has 0 radical (unpaired) electrons. The summed E-state index contributed by atoms with van der Waals surface area (Å²) in [7, 11) is 0. The first-order valence-electron chi connectivity index (χ1n) is 9.73. The third kappa shape index (κ3) is 4.15. The van der Waals surface area contributed by atoms with Gasteiger partial charge in [0, 0.05) is 19.3 Å². The number of thiazole rings is 1. The third-order valence-electron chi connectivity index (χ3n) is 4.83. The number of hydrogen-bond acceptors (Lipinski definition) is 6. The Hall–Kier alpha value is -2.51. The Morgan fingerprint density at radius 2 is 2.14 bits per heavy atom. The molecule has 1 aliphatic heterocycles. The lowest BCUT2D eigenvalue weighted by Crippen LogP contribution is -2.38. The number of ether oxygens (including phenoxy) is 1. The molecule has 1 amide bonds. The predicted octanol–water partition coefficient (Wildman–Crippen LogP) is 4.12. The number of benzene rings is 1. The van der Waals surface area contributed by atoms with E-state index in [1.165, 1.54) is 29.7 Å². The molecule has 0 aliphatic carbocycles. The van der Waals surface area contributed by atoms with Gasteiger partial charge in [-0.15, -0.1) is 0 Å². The van der Waals surface area contributed by atoms with Crippen molar-refractivity contribution in [3.05, 3.63) is 47.7 Å². The van der Waals surface area contributed by atoms with Crippen molar-refractivity contribution in [2.45, 2.75) is 26.2 Å². The minimum absolute atomic E-state index is 0.181. The third-order valence-corrected chi connectivity index (χ3v) is 5.77. The summed E-state index contributed by atoms with van der Waals surface area (Å²) < 4.78 is 6.51. The molecule has 7 heteroatoms. The summed E-state index contributed by atoms with van der Waals surface area (Å²) >= 11 is 1.51. The number of carbonyl (C=O) groups excluding carboxylic acids is 1. The lowest BCUT2D eigenvalue weighted by Gasteiger charge is -2.29. The second kappa shape index (κ2) is 8.67. The molecule has 3 aromatic rings. The molecule has 4 rings (SSSR count). The van der Waals surface area contributed by atoms with Crippen LogP contribution in [0.2, 0.25) is 0 Å². The molecule has 146 valence electrons. The first kappa shape index (κ1) is 18.8. The van der Waals surface area contributed by atoms with Crippen LogP contribution in [0, 0.1) is 0 Å². The van der Waals surface area contributed by atoms with Gasteiger partial charge in [-0.3, -0.25) is 10.1 Å². The highest BCUT2D eigenvalue weighted by Gasteiger charge is 2.20. The van der Waals surface area contributed by atoms with Gasteiger partial charge in [-0.2, -0.15) is 0 Å². The number of anilines is 2. The maximum absolute atomic E-state index is 12.9. The first-order valence-corrected chi connectivity index (χ1v) is 10.5. The number of nitrogens with one attached hydrogen (secondary N) is 1. The molecule has 2 aromatic heterocycles. The SMILES string of the molecule is CCCCc1ccc2nc(NC(=O)c3cccnc3N3CCOCC3)sc2c1. The molecular formula is C21H24N4O2S. The fourth-order valence-electron chi connectivity index (χ4n) is 3.32. The number of aryl methyl sites for hydroxylation is 1. The zero-order chi connectivity index (χ0) is 19.3. The van der Waals surface area contributed by atoms with Crippen molar-refractivity contribution in [2.75, 3.05) is 36.5 Å². The van der Waals surface area contributed by atoms with Gasteiger partial charge in [-0.1, -0.05) is 30.7 Å². The summed E-state index contributed by atoms with van der Waals surface area (Å²) in [4.78, 5) is 24.0. The Bertz CT molecular complexity index is 966. The van der Waals surface area contributed by atoms with Crippen LogP contribution >= 0.6 is 11.3 Å². The van der Waals surface area contributed by atoms with Crippen molar-refractivity contribution >= 4 is 38.4 Å². The van der Waals surface area contributed by atoms with E-state index in [-0.39, 0.29) is 5.91 Å². The summed E-state index contributed by atoms with van der Waals surface area (Å²) in [6, 6.07) is 9.94. The number of unbranched alkanes of at least 4 members (excludes halogenated alkanes) is 1. The van der Waals surface area contributed by atoms with Crippen molar-refractivity contribution in [3.8, 4) is 0 Å². The Morgan fingerprint density at radius 1 is 1.29 bits per heavy atom. The number of hydrogen-bond donors (Lipinski definition) is 1. The lowest BCUT2D eigenvalue weighted by molar-refractivity contribution is 0.102. The lowest BCUT2D eigenvalue weighted by atomic mass is 10.1. The van der Waals surface area contributed by atoms with Crippen LogP contribution in [0.1, 0.15) is 35.7 Å². The van der Waals surface area contributed by atoms with E-state index in [4.69, 9.17) is 4.74 Å². The van der Waals surface area contributed by atoms with Gasteiger partial charge in [0.05, 0.1) is 29.0 Å². The molecule has 0 saturated carbocycles. The summed E-state index contributed by atoms with van der Waals surface area (Å²) in [5, 5.41) is 3.58. The summed E-state index contributed by atoms with van der Waals surface area (Å²) in [6.07, 6.45) is 5.15. The van der Waals surface area contributed by atoms with Crippen molar-refractivity contribution in [2.24, 2.45) is 0 Å². The van der Waals surface area contributed by atoms with Gasteiger partial charge in [0.2, 0.25) is 0 Å². The van der Waals surface area contributed by atoms with E-state index < -0.39 is 0 Å². The molecular weight excluding hydrogens is 372 g/mol. The molecule has 1 aliphatic rings. The number of fused-ring (bicyclic) bond motifs is 1. The van der Waals surface area contributed by atoms with Crippen molar-refractivity contribution in [1.29, 1.82) is 0 Å². The standard InChI is InChI=1S/C21H24N4O2S/c1-2-3-5-15-7-8-17-18(14-15)28-21(23-17)24-20(26)16-6-4-9-22-19(16)25-10-12-27-13-11-25/h4,6-9,14H,2-3,5,10-13H2,1H3,(H,23,24,26). The normalized spacial score (nSPS) is 14.4. The molecule has 6 nitrogen and oxygen atoms in total. The molecule has 3 heterocycles. The summed E-state index contributed by atoms with van der Waals surface area (Å²) in [5.41, 5.74) is 2.80. The van der Waals surface area contributed by atoms with E-state index >= 15 is 0 Å². The van der Waals surface area contributed by atoms with E-state index in [0.717, 1.165) is 29.7 Å².